The van der Waals surface area contributed by atoms with Crippen LogP contribution in [0.5, 0.6) is 0 Å². The lowest BCUT2D eigenvalue weighted by Crippen LogP contribution is -2.25. The molecule has 174 valence electrons. The Labute approximate surface area is 188 Å². The fraction of sp³-hybridized carbons (Fsp3) is 0.375. The summed E-state index contributed by atoms with van der Waals surface area (Å²) in [7, 11) is 0. The first-order valence-electron chi connectivity index (χ1n) is 10.8. The largest absolute Gasteiger partial charge is 0.318 e. The third-order valence-electron chi connectivity index (χ3n) is 5.99. The molecule has 2 N–H and O–H groups in total. The molecule has 1 amide bonds. The Kier molecular flexibility index (Phi) is 6.23. The molecule has 0 aliphatic heterocycles. The number of benzene rings is 1. The first kappa shape index (κ1) is 22.9. The zero-order chi connectivity index (χ0) is 23.8. The fourth-order valence-corrected chi connectivity index (χ4v) is 4.09. The van der Waals surface area contributed by atoms with Crippen LogP contribution in [0, 0.1) is 11.6 Å². The highest BCUT2D eigenvalue weighted by Crippen LogP contribution is 2.44. The van der Waals surface area contributed by atoms with Crippen molar-refractivity contribution in [1.82, 2.24) is 15.2 Å². The number of hydrogen-bond acceptors (Lipinski definition) is 3. The molecule has 1 fully saturated rings. The predicted molar refractivity (Wildman–Crippen MR) is 116 cm³/mol. The Bertz CT molecular complexity index is 1170. The number of amides is 1. The molecular formula is C24H24F4N4O. The van der Waals surface area contributed by atoms with Gasteiger partial charge in [-0.25, -0.2) is 17.6 Å². The second-order valence-corrected chi connectivity index (χ2v) is 8.69. The monoisotopic (exact) mass is 460 g/mol. The average Bonchev–Trinajstić information content (AvgIpc) is 3.27. The van der Waals surface area contributed by atoms with Gasteiger partial charge in [0, 0.05) is 41.8 Å². The molecule has 2 aromatic heterocycles. The highest BCUT2D eigenvalue weighted by molar-refractivity contribution is 6.05. The third kappa shape index (κ3) is 4.91. The van der Waals surface area contributed by atoms with Crippen LogP contribution in [0.4, 0.5) is 23.2 Å². The zero-order valence-corrected chi connectivity index (χ0v) is 18.3. The van der Waals surface area contributed by atoms with Gasteiger partial charge in [0.25, 0.3) is 5.91 Å². The molecule has 1 aliphatic rings. The summed E-state index contributed by atoms with van der Waals surface area (Å²) in [5, 5.41) is 9.59. The summed E-state index contributed by atoms with van der Waals surface area (Å²) >= 11 is 0. The fourth-order valence-electron chi connectivity index (χ4n) is 4.09. The van der Waals surface area contributed by atoms with Gasteiger partial charge < -0.3 is 5.32 Å². The van der Waals surface area contributed by atoms with E-state index in [0.29, 0.717) is 5.69 Å². The summed E-state index contributed by atoms with van der Waals surface area (Å²) < 4.78 is 56.1. The number of carbonyl (C=O) groups excluding carboxylic acids is 1. The normalized spacial score (nSPS) is 16.2. The Balaban J connectivity index is 1.77. The predicted octanol–water partition coefficient (Wildman–Crippen LogP) is 6.42. The van der Waals surface area contributed by atoms with E-state index in [1.165, 1.54) is 12.3 Å². The van der Waals surface area contributed by atoms with Crippen LogP contribution < -0.4 is 5.32 Å². The van der Waals surface area contributed by atoms with Crippen molar-refractivity contribution in [2.24, 2.45) is 0 Å². The lowest BCUT2D eigenvalue weighted by Gasteiger charge is -2.29. The summed E-state index contributed by atoms with van der Waals surface area (Å²) in [5.74, 6) is -4.87. The highest BCUT2D eigenvalue weighted by atomic mass is 19.3. The van der Waals surface area contributed by atoms with Crippen molar-refractivity contribution in [3.8, 4) is 11.1 Å². The molecule has 0 unspecified atom stereocenters. The van der Waals surface area contributed by atoms with Gasteiger partial charge in [-0.05, 0) is 49.1 Å². The van der Waals surface area contributed by atoms with E-state index in [9.17, 15) is 22.4 Å². The second kappa shape index (κ2) is 8.96. The number of nitrogens with one attached hydrogen (secondary N) is 2. The maximum atomic E-state index is 14.6. The lowest BCUT2D eigenvalue weighted by molar-refractivity contribution is -0.0384. The minimum Gasteiger partial charge on any atom is -0.318 e. The van der Waals surface area contributed by atoms with Crippen LogP contribution in [0.3, 0.4) is 0 Å². The van der Waals surface area contributed by atoms with Crippen LogP contribution in [0.15, 0.2) is 36.5 Å². The highest BCUT2D eigenvalue weighted by Gasteiger charge is 2.37. The van der Waals surface area contributed by atoms with Crippen LogP contribution in [0.25, 0.3) is 11.1 Å². The number of halogens is 4. The molecule has 2 heterocycles. The summed E-state index contributed by atoms with van der Waals surface area (Å²) in [5.41, 5.74) is 1.60. The van der Waals surface area contributed by atoms with Gasteiger partial charge >= 0.3 is 0 Å². The minimum atomic E-state index is -2.74. The molecule has 0 atom stereocenters. The quantitative estimate of drug-likeness (QED) is 0.432. The lowest BCUT2D eigenvalue weighted by atomic mass is 9.83. The van der Waals surface area contributed by atoms with E-state index in [1.54, 1.807) is 6.07 Å². The summed E-state index contributed by atoms with van der Waals surface area (Å²) in [6.45, 7) is 3.89. The molecule has 5 nitrogen and oxygen atoms in total. The number of nitrogens with zero attached hydrogens (tertiary/aromatic N) is 2. The standard InChI is InChI=1S/C24H24F4N4O/c1-13(2)19-12-20(32-31-19)23(33)30-22-16(17-11-15(25)3-4-18(17)26)7-10-29-21(22)14-5-8-24(27,28)9-6-14/h3-4,7,10-14H,5-6,8-9H2,1-2H3,(H,30,33)(H,31,32). The number of anilines is 1. The van der Waals surface area contributed by atoms with Gasteiger partial charge in [0.05, 0.1) is 11.4 Å². The van der Waals surface area contributed by atoms with Crippen molar-refractivity contribution in [1.29, 1.82) is 0 Å². The van der Waals surface area contributed by atoms with Crippen molar-refractivity contribution >= 4 is 11.6 Å². The smallest absolute Gasteiger partial charge is 0.276 e. The molecule has 1 aliphatic carbocycles. The molecule has 0 bridgehead atoms. The van der Waals surface area contributed by atoms with E-state index in [4.69, 9.17) is 0 Å². The van der Waals surface area contributed by atoms with Crippen LogP contribution in [0.2, 0.25) is 0 Å². The van der Waals surface area contributed by atoms with E-state index in [1.807, 2.05) is 13.8 Å². The minimum absolute atomic E-state index is 0.0556. The van der Waals surface area contributed by atoms with E-state index in [-0.39, 0.29) is 60.0 Å². The van der Waals surface area contributed by atoms with Gasteiger partial charge in [-0.15, -0.1) is 0 Å². The number of hydrogen-bond donors (Lipinski definition) is 2. The molecule has 1 saturated carbocycles. The molecule has 1 aromatic carbocycles. The Hall–Kier alpha value is -3.23. The number of aromatic amines is 1. The summed E-state index contributed by atoms with van der Waals surface area (Å²) in [6, 6.07) is 6.11. The second-order valence-electron chi connectivity index (χ2n) is 8.69. The van der Waals surface area contributed by atoms with Gasteiger partial charge in [-0.1, -0.05) is 13.8 Å². The third-order valence-corrected chi connectivity index (χ3v) is 5.99. The Morgan fingerprint density at radius 1 is 1.12 bits per heavy atom. The Morgan fingerprint density at radius 2 is 1.85 bits per heavy atom. The Morgan fingerprint density at radius 3 is 2.52 bits per heavy atom. The van der Waals surface area contributed by atoms with Crippen molar-refractivity contribution in [3.63, 3.8) is 0 Å². The van der Waals surface area contributed by atoms with E-state index < -0.39 is 23.5 Å². The van der Waals surface area contributed by atoms with Crippen molar-refractivity contribution in [2.45, 2.75) is 57.3 Å². The number of alkyl halides is 2. The zero-order valence-electron chi connectivity index (χ0n) is 18.3. The van der Waals surface area contributed by atoms with Gasteiger partial charge in [-0.2, -0.15) is 5.10 Å². The number of pyridine rings is 1. The van der Waals surface area contributed by atoms with Crippen molar-refractivity contribution in [2.75, 3.05) is 5.32 Å². The topological polar surface area (TPSA) is 70.7 Å². The van der Waals surface area contributed by atoms with E-state index in [0.717, 1.165) is 23.9 Å². The van der Waals surface area contributed by atoms with E-state index >= 15 is 0 Å². The van der Waals surface area contributed by atoms with Crippen LogP contribution >= 0.6 is 0 Å². The van der Waals surface area contributed by atoms with Gasteiger partial charge in [0.1, 0.15) is 11.6 Å². The number of aromatic nitrogens is 3. The molecule has 0 spiro atoms. The first-order valence-corrected chi connectivity index (χ1v) is 10.8. The van der Waals surface area contributed by atoms with Crippen LogP contribution in [-0.2, 0) is 0 Å². The van der Waals surface area contributed by atoms with Gasteiger partial charge in [-0.3, -0.25) is 14.9 Å². The van der Waals surface area contributed by atoms with Crippen LogP contribution in [-0.4, -0.2) is 27.0 Å². The summed E-state index contributed by atoms with van der Waals surface area (Å²) in [6.07, 6.45) is 1.14. The van der Waals surface area contributed by atoms with Gasteiger partial charge in [0.15, 0.2) is 5.69 Å². The van der Waals surface area contributed by atoms with Crippen molar-refractivity contribution < 1.29 is 22.4 Å². The molecular weight excluding hydrogens is 436 g/mol. The first-order chi connectivity index (χ1) is 15.6. The molecule has 4 rings (SSSR count). The molecule has 3 aromatic rings. The maximum absolute atomic E-state index is 14.6. The molecule has 33 heavy (non-hydrogen) atoms. The van der Waals surface area contributed by atoms with Gasteiger partial charge in [0.2, 0.25) is 5.92 Å². The number of rotatable bonds is 5. The number of carbonyl (C=O) groups is 1. The maximum Gasteiger partial charge on any atom is 0.276 e. The average molecular weight is 460 g/mol. The number of H-pyrrole nitrogens is 1. The molecule has 9 heteroatoms. The summed E-state index contributed by atoms with van der Waals surface area (Å²) in [4.78, 5) is 17.4. The van der Waals surface area contributed by atoms with Crippen LogP contribution in [0.1, 0.15) is 73.2 Å². The van der Waals surface area contributed by atoms with Crippen molar-refractivity contribution in [3.05, 3.63) is 65.2 Å². The molecule has 0 radical (unpaired) electrons. The van der Waals surface area contributed by atoms with E-state index in [2.05, 4.69) is 20.5 Å². The molecule has 0 saturated heterocycles. The SMILES string of the molecule is CC(C)c1cc(C(=O)Nc2c(-c3cc(F)ccc3F)ccnc2C2CCC(F)(F)CC2)n[nH]1.